The van der Waals surface area contributed by atoms with Gasteiger partial charge in [0.1, 0.15) is 5.75 Å². The van der Waals surface area contributed by atoms with E-state index in [4.69, 9.17) is 4.74 Å². The molecule has 0 bridgehead atoms. The van der Waals surface area contributed by atoms with Crippen molar-refractivity contribution in [3.05, 3.63) is 23.5 Å². The van der Waals surface area contributed by atoms with Crippen molar-refractivity contribution >= 4 is 22.6 Å². The number of ether oxygens (including phenoxy) is 1. The van der Waals surface area contributed by atoms with E-state index in [1.165, 1.54) is 10.8 Å². The smallest absolute Gasteiger partial charge is 0.122 e. The molecule has 15 heavy (non-hydrogen) atoms. The highest BCUT2D eigenvalue weighted by atomic mass is 127. The molecule has 0 aliphatic carbocycles. The van der Waals surface area contributed by atoms with Crippen LogP contribution in [-0.4, -0.2) is 23.1 Å². The van der Waals surface area contributed by atoms with Crippen LogP contribution in [-0.2, 0) is 6.54 Å². The monoisotopic (exact) mass is 320 g/mol. The van der Waals surface area contributed by atoms with Crippen LogP contribution < -0.4 is 10.1 Å². The number of aryl methyl sites for hydroxylation is 1. The third-order valence-corrected chi connectivity index (χ3v) is 2.77. The molecule has 0 aliphatic rings. The molecule has 0 aliphatic heterocycles. The molecule has 0 amide bonds. The summed E-state index contributed by atoms with van der Waals surface area (Å²) in [6.07, 6.45) is 1.20. The van der Waals surface area contributed by atoms with E-state index in [2.05, 4.69) is 32.9 Å². The van der Waals surface area contributed by atoms with Gasteiger partial charge in [0.15, 0.2) is 0 Å². The average Bonchev–Trinajstić information content (AvgIpc) is 2.23. The van der Waals surface area contributed by atoms with E-state index < -0.39 is 0 Å². The lowest BCUT2D eigenvalue weighted by atomic mass is 10.3. The lowest BCUT2D eigenvalue weighted by Crippen LogP contribution is -2.16. The number of rotatable bonds is 6. The molecule has 84 valence electrons. The number of aromatic nitrogens is 1. The van der Waals surface area contributed by atoms with Crippen molar-refractivity contribution in [2.75, 3.05) is 18.1 Å². The van der Waals surface area contributed by atoms with Gasteiger partial charge in [-0.2, -0.15) is 0 Å². The largest absolute Gasteiger partial charge is 0.497 e. The van der Waals surface area contributed by atoms with Crippen LogP contribution in [0.15, 0.2) is 12.1 Å². The van der Waals surface area contributed by atoms with E-state index in [1.807, 2.05) is 19.1 Å². The zero-order valence-corrected chi connectivity index (χ0v) is 11.4. The highest BCUT2D eigenvalue weighted by Gasteiger charge is 1.99. The summed E-state index contributed by atoms with van der Waals surface area (Å²) in [6.45, 7) is 3.84. The number of pyridine rings is 1. The Morgan fingerprint density at radius 3 is 2.93 bits per heavy atom. The van der Waals surface area contributed by atoms with Crippen molar-refractivity contribution in [2.24, 2.45) is 0 Å². The quantitative estimate of drug-likeness (QED) is 0.496. The second kappa shape index (κ2) is 7.00. The van der Waals surface area contributed by atoms with Gasteiger partial charge in [0, 0.05) is 28.8 Å². The Morgan fingerprint density at radius 2 is 2.27 bits per heavy atom. The first-order valence-electron chi connectivity index (χ1n) is 5.04. The minimum absolute atomic E-state index is 0.814. The van der Waals surface area contributed by atoms with E-state index in [0.29, 0.717) is 0 Å². The molecule has 1 rings (SSSR count). The van der Waals surface area contributed by atoms with Crippen LogP contribution in [0.3, 0.4) is 0 Å². The highest BCUT2D eigenvalue weighted by molar-refractivity contribution is 14.1. The first kappa shape index (κ1) is 12.7. The van der Waals surface area contributed by atoms with E-state index in [0.717, 1.165) is 30.2 Å². The second-order valence-corrected chi connectivity index (χ2v) is 4.44. The van der Waals surface area contributed by atoms with E-state index in [9.17, 15) is 0 Å². The molecule has 0 atom stereocenters. The van der Waals surface area contributed by atoms with Crippen LogP contribution in [0, 0.1) is 6.92 Å². The topological polar surface area (TPSA) is 34.1 Å². The summed E-state index contributed by atoms with van der Waals surface area (Å²) in [5.74, 6) is 0.883. The van der Waals surface area contributed by atoms with Crippen molar-refractivity contribution in [1.82, 2.24) is 10.3 Å². The molecule has 1 heterocycles. The van der Waals surface area contributed by atoms with Crippen molar-refractivity contribution in [2.45, 2.75) is 19.9 Å². The second-order valence-electron chi connectivity index (χ2n) is 3.36. The summed E-state index contributed by atoms with van der Waals surface area (Å²) in [7, 11) is 1.68. The van der Waals surface area contributed by atoms with Crippen LogP contribution in [0.5, 0.6) is 5.75 Å². The number of alkyl halides is 1. The highest BCUT2D eigenvalue weighted by Crippen LogP contribution is 2.12. The molecule has 4 heteroatoms. The van der Waals surface area contributed by atoms with Gasteiger partial charge >= 0.3 is 0 Å². The molecular formula is C11H17IN2O. The number of halogens is 1. The summed E-state index contributed by atoms with van der Waals surface area (Å²) in [5, 5.41) is 3.36. The summed E-state index contributed by atoms with van der Waals surface area (Å²) >= 11 is 2.38. The molecule has 0 saturated carbocycles. The van der Waals surface area contributed by atoms with E-state index in [-0.39, 0.29) is 0 Å². The number of nitrogens with zero attached hydrogens (tertiary/aromatic N) is 1. The zero-order valence-electron chi connectivity index (χ0n) is 9.22. The third-order valence-electron chi connectivity index (χ3n) is 2.01. The average molecular weight is 320 g/mol. The fraction of sp³-hybridized carbons (Fsp3) is 0.545. The zero-order chi connectivity index (χ0) is 11.1. The first-order valence-corrected chi connectivity index (χ1v) is 6.57. The summed E-state index contributed by atoms with van der Waals surface area (Å²) in [6, 6.07) is 3.92. The third kappa shape index (κ3) is 4.79. The van der Waals surface area contributed by atoms with E-state index >= 15 is 0 Å². The fourth-order valence-electron chi connectivity index (χ4n) is 1.32. The molecule has 3 nitrogen and oxygen atoms in total. The Balaban J connectivity index is 2.49. The van der Waals surface area contributed by atoms with Gasteiger partial charge in [-0.25, -0.2) is 0 Å². The molecule has 0 aromatic carbocycles. The van der Waals surface area contributed by atoms with Crippen LogP contribution in [0.25, 0.3) is 0 Å². The van der Waals surface area contributed by atoms with Crippen LogP contribution in [0.2, 0.25) is 0 Å². The SMILES string of the molecule is COc1cc(C)nc(CNCCCI)c1. The predicted octanol–water partition coefficient (Wildman–Crippen LogP) is 2.31. The van der Waals surface area contributed by atoms with Crippen LogP contribution in [0.4, 0.5) is 0 Å². The molecule has 1 aromatic rings. The fourth-order valence-corrected chi connectivity index (χ4v) is 1.70. The van der Waals surface area contributed by atoms with Crippen LogP contribution in [0.1, 0.15) is 17.8 Å². The summed E-state index contributed by atoms with van der Waals surface area (Å²) in [4.78, 5) is 4.44. The van der Waals surface area contributed by atoms with Gasteiger partial charge < -0.3 is 10.1 Å². The predicted molar refractivity (Wildman–Crippen MR) is 70.7 cm³/mol. The molecule has 0 radical (unpaired) electrons. The van der Waals surface area contributed by atoms with Gasteiger partial charge in [-0.15, -0.1) is 0 Å². The minimum Gasteiger partial charge on any atom is -0.497 e. The van der Waals surface area contributed by atoms with Crippen molar-refractivity contribution in [1.29, 1.82) is 0 Å². The normalized spacial score (nSPS) is 10.3. The van der Waals surface area contributed by atoms with Gasteiger partial charge in [-0.1, -0.05) is 22.6 Å². The van der Waals surface area contributed by atoms with Crippen molar-refractivity contribution in [3.8, 4) is 5.75 Å². The lowest BCUT2D eigenvalue weighted by Gasteiger charge is -2.06. The maximum absolute atomic E-state index is 5.19. The Morgan fingerprint density at radius 1 is 1.47 bits per heavy atom. The minimum atomic E-state index is 0.814. The molecular weight excluding hydrogens is 303 g/mol. The summed E-state index contributed by atoms with van der Waals surface area (Å²) in [5.41, 5.74) is 2.04. The molecule has 1 aromatic heterocycles. The van der Waals surface area contributed by atoms with Gasteiger partial charge in [-0.05, 0) is 19.9 Å². The van der Waals surface area contributed by atoms with Gasteiger partial charge in [0.2, 0.25) is 0 Å². The van der Waals surface area contributed by atoms with Gasteiger partial charge in [0.25, 0.3) is 0 Å². The summed E-state index contributed by atoms with van der Waals surface area (Å²) < 4.78 is 6.38. The maximum atomic E-state index is 5.19. The molecule has 1 N–H and O–H groups in total. The Bertz CT molecular complexity index is 305. The number of hydrogen-bond acceptors (Lipinski definition) is 3. The number of methoxy groups -OCH3 is 1. The maximum Gasteiger partial charge on any atom is 0.122 e. The Labute approximate surface area is 105 Å². The van der Waals surface area contributed by atoms with Gasteiger partial charge in [0.05, 0.1) is 12.8 Å². The molecule has 0 spiro atoms. The lowest BCUT2D eigenvalue weighted by molar-refractivity contribution is 0.412. The number of hydrogen-bond donors (Lipinski definition) is 1. The standard InChI is InChI=1S/C11H17IN2O/c1-9-6-11(15-2)7-10(14-9)8-13-5-3-4-12/h6-7,13H,3-5,8H2,1-2H3. The van der Waals surface area contributed by atoms with Crippen molar-refractivity contribution < 1.29 is 4.74 Å². The van der Waals surface area contributed by atoms with Crippen molar-refractivity contribution in [3.63, 3.8) is 0 Å². The number of nitrogens with one attached hydrogen (secondary N) is 1. The molecule has 0 fully saturated rings. The molecule has 0 unspecified atom stereocenters. The van der Waals surface area contributed by atoms with Crippen LogP contribution >= 0.6 is 22.6 Å². The first-order chi connectivity index (χ1) is 7.26. The van der Waals surface area contributed by atoms with E-state index in [1.54, 1.807) is 7.11 Å². The molecule has 0 saturated heterocycles. The Hall–Kier alpha value is -0.360. The Kier molecular flexibility index (Phi) is 5.93. The van der Waals surface area contributed by atoms with Gasteiger partial charge in [-0.3, -0.25) is 4.98 Å².